The van der Waals surface area contributed by atoms with E-state index < -0.39 is 0 Å². The smallest absolute Gasteiger partial charge is 0.228 e. The van der Waals surface area contributed by atoms with Gasteiger partial charge >= 0.3 is 0 Å². The van der Waals surface area contributed by atoms with Crippen molar-refractivity contribution in [2.45, 2.75) is 52.4 Å². The lowest BCUT2D eigenvalue weighted by Gasteiger charge is -2.20. The molecule has 21 heavy (non-hydrogen) atoms. The maximum Gasteiger partial charge on any atom is 0.228 e. The average Bonchev–Trinajstić information content (AvgIpc) is 2.49. The molecule has 0 aliphatic heterocycles. The molecule has 0 atom stereocenters. The van der Waals surface area contributed by atoms with E-state index in [2.05, 4.69) is 34.7 Å². The summed E-state index contributed by atoms with van der Waals surface area (Å²) >= 11 is 0. The summed E-state index contributed by atoms with van der Waals surface area (Å²) in [5, 5.41) is 14.3. The van der Waals surface area contributed by atoms with Crippen molar-refractivity contribution in [2.75, 3.05) is 17.2 Å². The van der Waals surface area contributed by atoms with E-state index in [-0.39, 0.29) is 11.8 Å². The summed E-state index contributed by atoms with van der Waals surface area (Å²) in [5.74, 6) is 2.19. The normalized spacial score (nSPS) is 16.0. The van der Waals surface area contributed by atoms with E-state index in [0.717, 1.165) is 44.5 Å². The Hall–Kier alpha value is -1.65. The van der Waals surface area contributed by atoms with Gasteiger partial charge in [-0.15, -0.1) is 10.2 Å². The highest BCUT2D eigenvalue weighted by Gasteiger charge is 2.21. The van der Waals surface area contributed by atoms with E-state index >= 15 is 0 Å². The number of anilines is 2. The van der Waals surface area contributed by atoms with E-state index in [9.17, 15) is 4.79 Å². The molecule has 1 fully saturated rings. The minimum absolute atomic E-state index is 0.0875. The Labute approximate surface area is 126 Å². The monoisotopic (exact) mass is 290 g/mol. The van der Waals surface area contributed by atoms with E-state index in [1.165, 1.54) is 6.42 Å². The Morgan fingerprint density at radius 2 is 1.86 bits per heavy atom. The molecule has 0 radical (unpaired) electrons. The van der Waals surface area contributed by atoms with Crippen LogP contribution in [0.5, 0.6) is 0 Å². The van der Waals surface area contributed by atoms with E-state index in [4.69, 9.17) is 0 Å². The van der Waals surface area contributed by atoms with Gasteiger partial charge in [-0.2, -0.15) is 0 Å². The predicted molar refractivity (Wildman–Crippen MR) is 85.2 cm³/mol. The molecule has 0 bridgehead atoms. The molecule has 1 aromatic heterocycles. The largest absolute Gasteiger partial charge is 0.369 e. The van der Waals surface area contributed by atoms with Gasteiger partial charge in [0.25, 0.3) is 0 Å². The number of carbonyl (C=O) groups is 1. The van der Waals surface area contributed by atoms with Gasteiger partial charge in [0.1, 0.15) is 5.82 Å². The summed E-state index contributed by atoms with van der Waals surface area (Å²) in [6.45, 7) is 5.27. The van der Waals surface area contributed by atoms with Gasteiger partial charge < -0.3 is 10.6 Å². The fourth-order valence-corrected chi connectivity index (χ4v) is 2.58. The molecular weight excluding hydrogens is 264 g/mol. The third-order valence-corrected chi connectivity index (χ3v) is 3.92. The van der Waals surface area contributed by atoms with Gasteiger partial charge in [0.05, 0.1) is 0 Å². The second-order valence-electron chi connectivity index (χ2n) is 6.24. The summed E-state index contributed by atoms with van der Waals surface area (Å²) in [4.78, 5) is 12.1. The quantitative estimate of drug-likeness (QED) is 0.842. The van der Waals surface area contributed by atoms with Crippen molar-refractivity contribution in [2.24, 2.45) is 11.8 Å². The maximum atomic E-state index is 12.1. The standard InChI is InChI=1S/C16H26N4O/c1-12(2)10-11-17-14-8-9-15(20-19-14)18-16(21)13-6-4-3-5-7-13/h8-9,12-13H,3-7,10-11H2,1-2H3,(H,17,19)(H,18,20,21). The number of rotatable bonds is 6. The zero-order valence-corrected chi connectivity index (χ0v) is 13.1. The highest BCUT2D eigenvalue weighted by atomic mass is 16.1. The van der Waals surface area contributed by atoms with Crippen LogP contribution in [0, 0.1) is 11.8 Å². The van der Waals surface area contributed by atoms with Crippen LogP contribution in [0.25, 0.3) is 0 Å². The molecule has 2 rings (SSSR count). The Morgan fingerprint density at radius 3 is 2.48 bits per heavy atom. The van der Waals surface area contributed by atoms with Gasteiger partial charge in [0.15, 0.2) is 5.82 Å². The van der Waals surface area contributed by atoms with Gasteiger partial charge in [-0.25, -0.2) is 0 Å². The Kier molecular flexibility index (Phi) is 5.96. The predicted octanol–water partition coefficient (Wildman–Crippen LogP) is 3.45. The molecular formula is C16H26N4O. The fourth-order valence-electron chi connectivity index (χ4n) is 2.58. The number of hydrogen-bond acceptors (Lipinski definition) is 4. The zero-order chi connectivity index (χ0) is 15.1. The lowest BCUT2D eigenvalue weighted by atomic mass is 9.89. The van der Waals surface area contributed by atoms with E-state index in [1.807, 2.05) is 12.1 Å². The van der Waals surface area contributed by atoms with Crippen molar-refractivity contribution in [3.05, 3.63) is 12.1 Å². The highest BCUT2D eigenvalue weighted by molar-refractivity contribution is 5.91. The molecule has 1 heterocycles. The van der Waals surface area contributed by atoms with Crippen molar-refractivity contribution < 1.29 is 4.79 Å². The summed E-state index contributed by atoms with van der Waals surface area (Å²) in [5.41, 5.74) is 0. The summed E-state index contributed by atoms with van der Waals surface area (Å²) in [6, 6.07) is 3.68. The van der Waals surface area contributed by atoms with Crippen LogP contribution in [-0.2, 0) is 4.79 Å². The first-order chi connectivity index (χ1) is 10.1. The Morgan fingerprint density at radius 1 is 1.19 bits per heavy atom. The third kappa shape index (κ3) is 5.33. The second kappa shape index (κ2) is 7.96. The maximum absolute atomic E-state index is 12.1. The van der Waals surface area contributed by atoms with Gasteiger partial charge in [-0.1, -0.05) is 33.1 Å². The summed E-state index contributed by atoms with van der Waals surface area (Å²) < 4.78 is 0. The number of amides is 1. The van der Waals surface area contributed by atoms with Crippen LogP contribution in [0.15, 0.2) is 12.1 Å². The van der Waals surface area contributed by atoms with Crippen LogP contribution >= 0.6 is 0 Å². The SMILES string of the molecule is CC(C)CCNc1ccc(NC(=O)C2CCCCC2)nn1. The van der Waals surface area contributed by atoms with Crippen molar-refractivity contribution in [3.8, 4) is 0 Å². The van der Waals surface area contributed by atoms with Gasteiger partial charge in [0.2, 0.25) is 5.91 Å². The van der Waals surface area contributed by atoms with Crippen molar-refractivity contribution in [3.63, 3.8) is 0 Å². The molecule has 5 heteroatoms. The lowest BCUT2D eigenvalue weighted by Crippen LogP contribution is -2.25. The number of nitrogens with one attached hydrogen (secondary N) is 2. The molecule has 1 amide bonds. The second-order valence-corrected chi connectivity index (χ2v) is 6.24. The number of hydrogen-bond donors (Lipinski definition) is 2. The van der Waals surface area contributed by atoms with Crippen LogP contribution in [0.1, 0.15) is 52.4 Å². The zero-order valence-electron chi connectivity index (χ0n) is 13.1. The molecule has 1 aromatic rings. The van der Waals surface area contributed by atoms with Crippen LogP contribution < -0.4 is 10.6 Å². The van der Waals surface area contributed by atoms with E-state index in [0.29, 0.717) is 11.7 Å². The van der Waals surface area contributed by atoms with Crippen LogP contribution in [0.3, 0.4) is 0 Å². The lowest BCUT2D eigenvalue weighted by molar-refractivity contribution is -0.120. The average molecular weight is 290 g/mol. The van der Waals surface area contributed by atoms with Crippen molar-refractivity contribution in [1.29, 1.82) is 0 Å². The molecule has 116 valence electrons. The number of carbonyl (C=O) groups excluding carboxylic acids is 1. The minimum atomic E-state index is 0.0875. The molecule has 0 spiro atoms. The fraction of sp³-hybridized carbons (Fsp3) is 0.688. The van der Waals surface area contributed by atoms with Gasteiger partial charge in [-0.05, 0) is 37.3 Å². The van der Waals surface area contributed by atoms with Crippen LogP contribution in [0.4, 0.5) is 11.6 Å². The molecule has 1 aliphatic rings. The van der Waals surface area contributed by atoms with Gasteiger partial charge in [0, 0.05) is 12.5 Å². The molecule has 0 saturated heterocycles. The van der Waals surface area contributed by atoms with Crippen LogP contribution in [-0.4, -0.2) is 22.6 Å². The third-order valence-electron chi connectivity index (χ3n) is 3.92. The minimum Gasteiger partial charge on any atom is -0.369 e. The topological polar surface area (TPSA) is 66.9 Å². The first-order valence-electron chi connectivity index (χ1n) is 8.03. The van der Waals surface area contributed by atoms with Gasteiger partial charge in [-0.3, -0.25) is 4.79 Å². The molecule has 5 nitrogen and oxygen atoms in total. The van der Waals surface area contributed by atoms with Crippen molar-refractivity contribution >= 4 is 17.5 Å². The first-order valence-corrected chi connectivity index (χ1v) is 8.03. The van der Waals surface area contributed by atoms with Crippen molar-refractivity contribution in [1.82, 2.24) is 10.2 Å². The Bertz CT molecular complexity index is 438. The molecule has 0 unspecified atom stereocenters. The highest BCUT2D eigenvalue weighted by Crippen LogP contribution is 2.24. The van der Waals surface area contributed by atoms with E-state index in [1.54, 1.807) is 0 Å². The molecule has 2 N–H and O–H groups in total. The Balaban J connectivity index is 1.80. The number of aromatic nitrogens is 2. The summed E-state index contributed by atoms with van der Waals surface area (Å²) in [7, 11) is 0. The molecule has 1 aliphatic carbocycles. The first kappa shape index (κ1) is 15.7. The van der Waals surface area contributed by atoms with Crippen LogP contribution in [0.2, 0.25) is 0 Å². The number of nitrogens with zero attached hydrogens (tertiary/aromatic N) is 2. The summed E-state index contributed by atoms with van der Waals surface area (Å²) in [6.07, 6.45) is 6.65. The molecule has 1 saturated carbocycles. The molecule has 0 aromatic carbocycles.